The molecule has 94 valence electrons. The Hall–Kier alpha value is -0.610. The molecule has 4 heteroatoms. The molecule has 0 saturated heterocycles. The van der Waals surface area contributed by atoms with Gasteiger partial charge in [0.1, 0.15) is 0 Å². The third-order valence-corrected chi connectivity index (χ3v) is 3.86. The minimum absolute atomic E-state index is 0.0179. The van der Waals surface area contributed by atoms with E-state index < -0.39 is 0 Å². The van der Waals surface area contributed by atoms with E-state index in [1.165, 1.54) is 0 Å². The van der Waals surface area contributed by atoms with Crippen molar-refractivity contribution in [2.24, 2.45) is 17.6 Å². The summed E-state index contributed by atoms with van der Waals surface area (Å²) in [6.45, 7) is 3.99. The summed E-state index contributed by atoms with van der Waals surface area (Å²) in [4.78, 5) is 13.8. The number of hydrogen-bond donors (Lipinski definition) is 2. The Labute approximate surface area is 97.8 Å². The van der Waals surface area contributed by atoms with Gasteiger partial charge in [-0.3, -0.25) is 4.79 Å². The van der Waals surface area contributed by atoms with Crippen LogP contribution in [0.25, 0.3) is 0 Å². The Morgan fingerprint density at radius 2 is 2.19 bits per heavy atom. The molecule has 1 fully saturated rings. The van der Waals surface area contributed by atoms with Crippen molar-refractivity contribution >= 4 is 5.91 Å². The van der Waals surface area contributed by atoms with E-state index in [9.17, 15) is 4.79 Å². The molecule has 0 heterocycles. The number of carbonyl (C=O) groups excluding carboxylic acids is 1. The molecule has 4 unspecified atom stereocenters. The maximum atomic E-state index is 12.1. The molecule has 1 rings (SSSR count). The number of aliphatic hydroxyl groups excluding tert-OH is 1. The SMILES string of the molecule is CC1CC(C(=O)N(C)C(C)CO)CCC1N. The van der Waals surface area contributed by atoms with Gasteiger partial charge in [-0.15, -0.1) is 0 Å². The Kier molecular flexibility index (Phi) is 4.74. The third-order valence-electron chi connectivity index (χ3n) is 3.86. The number of nitrogens with two attached hydrogens (primary N) is 1. The van der Waals surface area contributed by atoms with Gasteiger partial charge in [0, 0.05) is 19.0 Å². The predicted octanol–water partition coefficient (Wildman–Crippen LogP) is 0.589. The molecule has 0 aromatic heterocycles. The minimum atomic E-state index is -0.0987. The highest BCUT2D eigenvalue weighted by Crippen LogP contribution is 2.29. The number of hydrogen-bond acceptors (Lipinski definition) is 3. The molecule has 1 aliphatic rings. The quantitative estimate of drug-likeness (QED) is 0.743. The van der Waals surface area contributed by atoms with Crippen LogP contribution in [0.15, 0.2) is 0 Å². The van der Waals surface area contributed by atoms with Crippen LogP contribution < -0.4 is 5.73 Å². The molecule has 1 saturated carbocycles. The lowest BCUT2D eigenvalue weighted by Crippen LogP contribution is -2.44. The van der Waals surface area contributed by atoms with Gasteiger partial charge >= 0.3 is 0 Å². The third kappa shape index (κ3) is 2.95. The van der Waals surface area contributed by atoms with Crippen LogP contribution in [0.5, 0.6) is 0 Å². The summed E-state index contributed by atoms with van der Waals surface area (Å²) in [7, 11) is 1.77. The molecule has 0 bridgehead atoms. The van der Waals surface area contributed by atoms with E-state index in [1.54, 1.807) is 11.9 Å². The van der Waals surface area contributed by atoms with Crippen molar-refractivity contribution < 1.29 is 9.90 Å². The van der Waals surface area contributed by atoms with Gasteiger partial charge in [-0.1, -0.05) is 6.92 Å². The van der Waals surface area contributed by atoms with Gasteiger partial charge in [0.25, 0.3) is 0 Å². The van der Waals surface area contributed by atoms with E-state index >= 15 is 0 Å². The highest BCUT2D eigenvalue weighted by molar-refractivity contribution is 5.79. The van der Waals surface area contributed by atoms with Gasteiger partial charge < -0.3 is 15.7 Å². The molecule has 0 aliphatic heterocycles. The van der Waals surface area contributed by atoms with Crippen LogP contribution >= 0.6 is 0 Å². The number of amides is 1. The van der Waals surface area contributed by atoms with Gasteiger partial charge in [-0.2, -0.15) is 0 Å². The summed E-state index contributed by atoms with van der Waals surface area (Å²) in [6.07, 6.45) is 2.69. The van der Waals surface area contributed by atoms with Gasteiger partial charge in [0.2, 0.25) is 5.91 Å². The minimum Gasteiger partial charge on any atom is -0.394 e. The molecule has 0 radical (unpaired) electrons. The first-order valence-corrected chi connectivity index (χ1v) is 6.10. The highest BCUT2D eigenvalue weighted by atomic mass is 16.3. The van der Waals surface area contributed by atoms with E-state index in [1.807, 2.05) is 6.92 Å². The Balaban J connectivity index is 2.55. The molecule has 0 aromatic carbocycles. The van der Waals surface area contributed by atoms with Crippen LogP contribution in [-0.4, -0.2) is 41.7 Å². The topological polar surface area (TPSA) is 66.6 Å². The Morgan fingerprint density at radius 1 is 1.56 bits per heavy atom. The summed E-state index contributed by atoms with van der Waals surface area (Å²) in [5.74, 6) is 0.662. The zero-order chi connectivity index (χ0) is 12.3. The van der Waals surface area contributed by atoms with Crippen LogP contribution in [0.3, 0.4) is 0 Å². The zero-order valence-corrected chi connectivity index (χ0v) is 10.5. The first-order valence-electron chi connectivity index (χ1n) is 6.10. The molecule has 4 atom stereocenters. The van der Waals surface area contributed by atoms with Gasteiger partial charge in [-0.05, 0) is 32.1 Å². The maximum absolute atomic E-state index is 12.1. The van der Waals surface area contributed by atoms with Gasteiger partial charge in [0.05, 0.1) is 12.6 Å². The second kappa shape index (κ2) is 5.64. The molecular weight excluding hydrogens is 204 g/mol. The Bertz CT molecular complexity index is 245. The summed E-state index contributed by atoms with van der Waals surface area (Å²) in [6, 6.07) is 0.142. The second-order valence-electron chi connectivity index (χ2n) is 5.13. The Morgan fingerprint density at radius 3 is 2.69 bits per heavy atom. The van der Waals surface area contributed by atoms with Crippen molar-refractivity contribution in [1.82, 2.24) is 4.90 Å². The van der Waals surface area contributed by atoms with E-state index in [4.69, 9.17) is 10.8 Å². The van der Waals surface area contributed by atoms with Crippen molar-refractivity contribution in [2.75, 3.05) is 13.7 Å². The molecule has 16 heavy (non-hydrogen) atoms. The molecule has 0 aromatic rings. The number of nitrogens with zero attached hydrogens (tertiary/aromatic N) is 1. The maximum Gasteiger partial charge on any atom is 0.225 e. The van der Waals surface area contributed by atoms with Crippen molar-refractivity contribution in [2.45, 2.75) is 45.2 Å². The largest absolute Gasteiger partial charge is 0.394 e. The van der Waals surface area contributed by atoms with Crippen molar-refractivity contribution in [3.63, 3.8) is 0 Å². The molecule has 0 spiro atoms. The number of rotatable bonds is 3. The van der Waals surface area contributed by atoms with Crippen LogP contribution in [0.1, 0.15) is 33.1 Å². The number of aliphatic hydroxyl groups is 1. The van der Waals surface area contributed by atoms with E-state index in [0.29, 0.717) is 5.92 Å². The van der Waals surface area contributed by atoms with Crippen molar-refractivity contribution in [1.29, 1.82) is 0 Å². The summed E-state index contributed by atoms with van der Waals surface area (Å²) >= 11 is 0. The lowest BCUT2D eigenvalue weighted by molar-refractivity contribution is -0.138. The first kappa shape index (κ1) is 13.5. The summed E-state index contributed by atoms with van der Waals surface area (Å²) in [5, 5.41) is 9.03. The number of carbonyl (C=O) groups is 1. The van der Waals surface area contributed by atoms with Crippen LogP contribution in [-0.2, 0) is 4.79 Å². The fourth-order valence-electron chi connectivity index (χ4n) is 2.27. The number of likely N-dealkylation sites (N-methyl/N-ethyl adjacent to an activating group) is 1. The van der Waals surface area contributed by atoms with E-state index in [0.717, 1.165) is 19.3 Å². The normalized spacial score (nSPS) is 32.2. The predicted molar refractivity (Wildman–Crippen MR) is 63.8 cm³/mol. The van der Waals surface area contributed by atoms with E-state index in [2.05, 4.69) is 6.92 Å². The van der Waals surface area contributed by atoms with Crippen molar-refractivity contribution in [3.05, 3.63) is 0 Å². The molecule has 3 N–H and O–H groups in total. The van der Waals surface area contributed by atoms with Gasteiger partial charge in [-0.25, -0.2) is 0 Å². The molecule has 1 amide bonds. The lowest BCUT2D eigenvalue weighted by Gasteiger charge is -2.34. The average molecular weight is 228 g/mol. The average Bonchev–Trinajstić information content (AvgIpc) is 2.29. The lowest BCUT2D eigenvalue weighted by atomic mass is 9.78. The monoisotopic (exact) mass is 228 g/mol. The van der Waals surface area contributed by atoms with Crippen LogP contribution in [0, 0.1) is 11.8 Å². The first-order chi connectivity index (χ1) is 7.47. The molecule has 1 aliphatic carbocycles. The van der Waals surface area contributed by atoms with Crippen LogP contribution in [0.4, 0.5) is 0 Å². The molecular formula is C12H24N2O2. The summed E-state index contributed by atoms with van der Waals surface area (Å²) in [5.41, 5.74) is 5.94. The summed E-state index contributed by atoms with van der Waals surface area (Å²) < 4.78 is 0. The van der Waals surface area contributed by atoms with Crippen LogP contribution in [0.2, 0.25) is 0 Å². The standard InChI is InChI=1S/C12H24N2O2/c1-8-6-10(4-5-11(8)13)12(16)14(3)9(2)7-15/h8-11,15H,4-7,13H2,1-3H3. The van der Waals surface area contributed by atoms with Crippen molar-refractivity contribution in [3.8, 4) is 0 Å². The zero-order valence-electron chi connectivity index (χ0n) is 10.5. The highest BCUT2D eigenvalue weighted by Gasteiger charge is 2.32. The fourth-order valence-corrected chi connectivity index (χ4v) is 2.27. The van der Waals surface area contributed by atoms with E-state index in [-0.39, 0.29) is 30.5 Å². The smallest absolute Gasteiger partial charge is 0.225 e. The molecule has 4 nitrogen and oxygen atoms in total. The van der Waals surface area contributed by atoms with Gasteiger partial charge in [0.15, 0.2) is 0 Å². The second-order valence-corrected chi connectivity index (χ2v) is 5.13. The fraction of sp³-hybridized carbons (Fsp3) is 0.917.